The Bertz CT molecular complexity index is 1600. The van der Waals surface area contributed by atoms with E-state index in [0.29, 0.717) is 27.7 Å². The number of rotatable bonds is 4. The lowest BCUT2D eigenvalue weighted by Gasteiger charge is -2.11. The van der Waals surface area contributed by atoms with Crippen LogP contribution in [0.4, 0.5) is 0 Å². The third-order valence-corrected chi connectivity index (χ3v) is 5.82. The number of aryl methyl sites for hydroxylation is 1. The Kier molecular flexibility index (Phi) is 5.19. The fraction of sp³-hybridized carbons (Fsp3) is 0.0385. The van der Waals surface area contributed by atoms with Crippen LogP contribution in [0.2, 0.25) is 0 Å². The number of hydrogen-bond acceptors (Lipinski definition) is 5. The van der Waals surface area contributed by atoms with Crippen LogP contribution in [0.25, 0.3) is 39.1 Å². The van der Waals surface area contributed by atoms with E-state index >= 15 is 0 Å². The summed E-state index contributed by atoms with van der Waals surface area (Å²) >= 11 is 0. The molecule has 2 aromatic heterocycles. The van der Waals surface area contributed by atoms with E-state index in [1.54, 1.807) is 60.3 Å². The number of aromatic hydroxyl groups is 1. The van der Waals surface area contributed by atoms with Crippen LogP contribution in [0, 0.1) is 0 Å². The molecule has 0 aliphatic rings. The van der Waals surface area contributed by atoms with Gasteiger partial charge < -0.3 is 9.67 Å². The zero-order chi connectivity index (χ0) is 23.8. The van der Waals surface area contributed by atoms with Gasteiger partial charge in [0.1, 0.15) is 17.0 Å². The highest BCUT2D eigenvalue weighted by Crippen LogP contribution is 2.35. The number of nitrogen functional groups attached to an aromatic ring is 1. The molecule has 0 aliphatic heterocycles. The maximum Gasteiger partial charge on any atom is 0.265 e. The number of nitrogens with two attached hydrogens (primary N) is 1. The summed E-state index contributed by atoms with van der Waals surface area (Å²) < 4.78 is 3.13. The Balaban J connectivity index is 1.83. The van der Waals surface area contributed by atoms with Crippen molar-refractivity contribution >= 4 is 16.8 Å². The molecule has 0 unspecified atom stereocenters. The summed E-state index contributed by atoms with van der Waals surface area (Å²) in [6, 6.07) is 25.2. The fourth-order valence-electron chi connectivity index (χ4n) is 4.15. The summed E-state index contributed by atoms with van der Waals surface area (Å²) in [5.74, 6) is 4.81. The number of para-hydroxylation sites is 2. The van der Waals surface area contributed by atoms with E-state index in [-0.39, 0.29) is 22.6 Å². The first-order chi connectivity index (χ1) is 16.5. The van der Waals surface area contributed by atoms with Gasteiger partial charge >= 0.3 is 0 Å². The predicted molar refractivity (Wildman–Crippen MR) is 131 cm³/mol. The maximum atomic E-state index is 13.3. The smallest absolute Gasteiger partial charge is 0.265 e. The SMILES string of the molecule is Cn1c(=O)c(-c2cc(-c3ccccc3C(=O)NN)n(-c3ccccc3)n2)c(O)c2ccccc21. The van der Waals surface area contributed by atoms with Crippen molar-refractivity contribution in [2.24, 2.45) is 12.9 Å². The quantitative estimate of drug-likeness (QED) is 0.220. The molecule has 2 heterocycles. The van der Waals surface area contributed by atoms with Crippen LogP contribution in [0.5, 0.6) is 5.75 Å². The van der Waals surface area contributed by atoms with E-state index < -0.39 is 5.91 Å². The number of nitrogens with one attached hydrogen (secondary N) is 1. The zero-order valence-electron chi connectivity index (χ0n) is 18.3. The lowest BCUT2D eigenvalue weighted by molar-refractivity contribution is 0.0954. The highest BCUT2D eigenvalue weighted by Gasteiger charge is 2.23. The molecule has 0 bridgehead atoms. The van der Waals surface area contributed by atoms with Crippen LogP contribution in [0.15, 0.2) is 89.7 Å². The van der Waals surface area contributed by atoms with Crippen molar-refractivity contribution in [2.45, 2.75) is 0 Å². The monoisotopic (exact) mass is 451 g/mol. The molecule has 5 aromatic rings. The number of carbonyl (C=O) groups is 1. The summed E-state index contributed by atoms with van der Waals surface area (Å²) in [5, 5.41) is 16.3. The van der Waals surface area contributed by atoms with Crippen molar-refractivity contribution < 1.29 is 9.90 Å². The second-order valence-electron chi connectivity index (χ2n) is 7.79. The number of nitrogens with zero attached hydrogens (tertiary/aromatic N) is 3. The van der Waals surface area contributed by atoms with E-state index in [4.69, 9.17) is 10.9 Å². The summed E-state index contributed by atoms with van der Waals surface area (Å²) in [7, 11) is 1.66. The molecule has 5 rings (SSSR count). The van der Waals surface area contributed by atoms with Crippen molar-refractivity contribution in [1.82, 2.24) is 19.8 Å². The normalized spacial score (nSPS) is 11.0. The van der Waals surface area contributed by atoms with Crippen LogP contribution >= 0.6 is 0 Å². The minimum Gasteiger partial charge on any atom is -0.506 e. The highest BCUT2D eigenvalue weighted by molar-refractivity contribution is 6.00. The van der Waals surface area contributed by atoms with Gasteiger partial charge in [0.2, 0.25) is 0 Å². The van der Waals surface area contributed by atoms with Crippen LogP contribution in [-0.2, 0) is 7.05 Å². The Morgan fingerprint density at radius 2 is 1.65 bits per heavy atom. The Labute approximate surface area is 194 Å². The van der Waals surface area contributed by atoms with Gasteiger partial charge in [-0.2, -0.15) is 5.10 Å². The number of aromatic nitrogens is 3. The average Bonchev–Trinajstić information content (AvgIpc) is 3.32. The lowest BCUT2D eigenvalue weighted by Crippen LogP contribution is -2.30. The van der Waals surface area contributed by atoms with E-state index in [1.165, 1.54) is 4.57 Å². The zero-order valence-corrected chi connectivity index (χ0v) is 18.3. The minimum atomic E-state index is -0.456. The van der Waals surface area contributed by atoms with Gasteiger partial charge in [0, 0.05) is 18.0 Å². The van der Waals surface area contributed by atoms with Gasteiger partial charge in [0.15, 0.2) is 0 Å². The Morgan fingerprint density at radius 3 is 2.41 bits per heavy atom. The molecule has 4 N–H and O–H groups in total. The Morgan fingerprint density at radius 1 is 0.971 bits per heavy atom. The van der Waals surface area contributed by atoms with E-state index in [0.717, 1.165) is 5.69 Å². The molecule has 0 saturated heterocycles. The molecular weight excluding hydrogens is 430 g/mol. The molecule has 168 valence electrons. The number of amides is 1. The first kappa shape index (κ1) is 21.2. The standard InChI is InChI=1S/C26H21N5O3/c1-30-21-14-8-7-13-19(21)24(32)23(26(30)34)20-15-22(31(29-20)16-9-3-2-4-10-16)17-11-5-6-12-18(17)25(33)28-27/h2-15,32H,27H2,1H3,(H,28,33). The van der Waals surface area contributed by atoms with Gasteiger partial charge in [0.05, 0.1) is 22.5 Å². The van der Waals surface area contributed by atoms with Gasteiger partial charge in [-0.3, -0.25) is 15.0 Å². The first-order valence-electron chi connectivity index (χ1n) is 10.6. The van der Waals surface area contributed by atoms with Crippen LogP contribution in [-0.4, -0.2) is 25.4 Å². The van der Waals surface area contributed by atoms with Gasteiger partial charge in [0.25, 0.3) is 11.5 Å². The molecule has 0 aliphatic carbocycles. The van der Waals surface area contributed by atoms with E-state index in [9.17, 15) is 14.7 Å². The number of hydrogen-bond donors (Lipinski definition) is 3. The highest BCUT2D eigenvalue weighted by atomic mass is 16.3. The predicted octanol–water partition coefficient (Wildman–Crippen LogP) is 3.37. The third kappa shape index (κ3) is 3.33. The summed E-state index contributed by atoms with van der Waals surface area (Å²) in [5.41, 5.74) is 4.98. The van der Waals surface area contributed by atoms with Crippen LogP contribution in [0.1, 0.15) is 10.4 Å². The largest absolute Gasteiger partial charge is 0.506 e. The minimum absolute atomic E-state index is 0.0814. The number of pyridine rings is 1. The number of fused-ring (bicyclic) bond motifs is 1. The molecule has 0 saturated carbocycles. The molecule has 0 spiro atoms. The topological polar surface area (TPSA) is 115 Å². The molecular formula is C26H21N5O3. The van der Waals surface area contributed by atoms with Crippen molar-refractivity contribution in [3.63, 3.8) is 0 Å². The molecule has 0 fully saturated rings. The van der Waals surface area contributed by atoms with Crippen LogP contribution in [0.3, 0.4) is 0 Å². The van der Waals surface area contributed by atoms with Crippen molar-refractivity contribution in [1.29, 1.82) is 0 Å². The fourth-order valence-corrected chi connectivity index (χ4v) is 4.15. The summed E-state index contributed by atoms with van der Waals surface area (Å²) in [6.07, 6.45) is 0. The second kappa shape index (κ2) is 8.34. The van der Waals surface area contributed by atoms with Crippen molar-refractivity contribution in [3.8, 4) is 34.0 Å². The number of carbonyl (C=O) groups excluding carboxylic acids is 1. The summed E-state index contributed by atoms with van der Waals surface area (Å²) in [4.78, 5) is 25.8. The van der Waals surface area contributed by atoms with Gasteiger partial charge in [-0.1, -0.05) is 48.5 Å². The van der Waals surface area contributed by atoms with Gasteiger partial charge in [-0.25, -0.2) is 10.5 Å². The van der Waals surface area contributed by atoms with Gasteiger partial charge in [-0.05, 0) is 36.4 Å². The van der Waals surface area contributed by atoms with Crippen LogP contribution < -0.4 is 16.8 Å². The number of benzene rings is 3. The van der Waals surface area contributed by atoms with Gasteiger partial charge in [-0.15, -0.1) is 0 Å². The molecule has 0 radical (unpaired) electrons. The molecule has 8 nitrogen and oxygen atoms in total. The summed E-state index contributed by atoms with van der Waals surface area (Å²) in [6.45, 7) is 0. The molecule has 1 amide bonds. The van der Waals surface area contributed by atoms with E-state index in [2.05, 4.69) is 5.43 Å². The third-order valence-electron chi connectivity index (χ3n) is 5.82. The molecule has 34 heavy (non-hydrogen) atoms. The first-order valence-corrected chi connectivity index (χ1v) is 10.6. The molecule has 8 heteroatoms. The average molecular weight is 451 g/mol. The van der Waals surface area contributed by atoms with Crippen molar-refractivity contribution in [3.05, 3.63) is 101 Å². The van der Waals surface area contributed by atoms with Crippen molar-refractivity contribution in [2.75, 3.05) is 0 Å². The molecule has 3 aromatic carbocycles. The number of hydrazine groups is 1. The maximum absolute atomic E-state index is 13.3. The Hall–Kier alpha value is -4.69. The lowest BCUT2D eigenvalue weighted by atomic mass is 10.0. The second-order valence-corrected chi connectivity index (χ2v) is 7.79. The van der Waals surface area contributed by atoms with E-state index in [1.807, 2.05) is 36.4 Å². The molecule has 0 atom stereocenters.